The average Bonchev–Trinajstić information content (AvgIpc) is 3.32. The van der Waals surface area contributed by atoms with E-state index in [2.05, 4.69) is 15.6 Å². The van der Waals surface area contributed by atoms with Crippen LogP contribution in [0.15, 0.2) is 66.9 Å². The number of aromatic nitrogens is 5. The summed E-state index contributed by atoms with van der Waals surface area (Å²) in [6, 6.07) is 19.6. The first-order valence-electron chi connectivity index (χ1n) is 12.6. The van der Waals surface area contributed by atoms with Crippen LogP contribution in [0.25, 0.3) is 39.3 Å². The predicted molar refractivity (Wildman–Crippen MR) is 143 cm³/mol. The molecule has 1 aliphatic carbocycles. The van der Waals surface area contributed by atoms with Crippen molar-refractivity contribution in [2.24, 2.45) is 0 Å². The van der Waals surface area contributed by atoms with Crippen LogP contribution in [0.5, 0.6) is 5.75 Å². The summed E-state index contributed by atoms with van der Waals surface area (Å²) < 4.78 is 7.35. The zero-order valence-corrected chi connectivity index (χ0v) is 20.5. The van der Waals surface area contributed by atoms with Gasteiger partial charge in [-0.3, -0.25) is 4.57 Å². The fraction of sp³-hybridized carbons (Fsp3) is 0.250. The van der Waals surface area contributed by atoms with Gasteiger partial charge in [-0.25, -0.2) is 19.7 Å². The van der Waals surface area contributed by atoms with Gasteiger partial charge in [0.1, 0.15) is 17.3 Å². The molecule has 9 nitrogen and oxygen atoms in total. The third kappa shape index (κ3) is 4.67. The van der Waals surface area contributed by atoms with Gasteiger partial charge < -0.3 is 15.4 Å². The number of ether oxygens (including phenoxy) is 1. The van der Waals surface area contributed by atoms with Gasteiger partial charge in [0.05, 0.1) is 16.6 Å². The highest BCUT2D eigenvalue weighted by Gasteiger charge is 2.20. The fourth-order valence-electron chi connectivity index (χ4n) is 4.84. The van der Waals surface area contributed by atoms with Crippen molar-refractivity contribution in [1.82, 2.24) is 29.8 Å². The highest BCUT2D eigenvalue weighted by atomic mass is 16.5. The van der Waals surface area contributed by atoms with E-state index in [1.54, 1.807) is 18.3 Å². The van der Waals surface area contributed by atoms with Crippen LogP contribution in [-0.4, -0.2) is 43.7 Å². The Hall–Kier alpha value is -4.53. The molecule has 3 aromatic heterocycles. The molecular formula is C28H27N7O2. The number of nitrogens with zero attached hydrogens (tertiary/aromatic N) is 5. The molecule has 1 amide bonds. The van der Waals surface area contributed by atoms with Gasteiger partial charge in [0.25, 0.3) is 0 Å². The first-order chi connectivity index (χ1) is 18.2. The number of para-hydroxylation sites is 1. The van der Waals surface area contributed by atoms with Crippen LogP contribution in [0.2, 0.25) is 0 Å². The molecule has 6 rings (SSSR count). The second-order valence-electron chi connectivity index (χ2n) is 9.17. The van der Waals surface area contributed by atoms with Gasteiger partial charge in [0.15, 0.2) is 5.82 Å². The second kappa shape index (κ2) is 9.85. The number of amides is 1. The number of carbonyl (C=O) groups excluding carboxylic acids is 1. The van der Waals surface area contributed by atoms with Gasteiger partial charge in [-0.1, -0.05) is 43.5 Å². The van der Waals surface area contributed by atoms with Crippen LogP contribution in [0, 0.1) is 0 Å². The molecule has 0 unspecified atom stereocenters. The van der Waals surface area contributed by atoms with Crippen molar-refractivity contribution < 1.29 is 9.53 Å². The Morgan fingerprint density at radius 2 is 1.81 bits per heavy atom. The number of fused-ring (bicyclic) bond motifs is 2. The van der Waals surface area contributed by atoms with Crippen LogP contribution < -0.4 is 15.4 Å². The summed E-state index contributed by atoms with van der Waals surface area (Å²) in [6.45, 7) is 0. The van der Waals surface area contributed by atoms with E-state index in [4.69, 9.17) is 19.7 Å². The van der Waals surface area contributed by atoms with Crippen molar-refractivity contribution in [3.8, 4) is 23.1 Å². The third-order valence-corrected chi connectivity index (χ3v) is 6.68. The van der Waals surface area contributed by atoms with Crippen LogP contribution >= 0.6 is 0 Å². The molecule has 5 aromatic rings. The van der Waals surface area contributed by atoms with E-state index in [1.807, 2.05) is 53.1 Å². The molecule has 9 heteroatoms. The molecule has 186 valence electrons. The van der Waals surface area contributed by atoms with E-state index >= 15 is 0 Å². The monoisotopic (exact) mass is 493 g/mol. The lowest BCUT2D eigenvalue weighted by molar-refractivity contribution is 0.203. The zero-order valence-electron chi connectivity index (χ0n) is 20.5. The first-order valence-corrected chi connectivity index (χ1v) is 12.6. The van der Waals surface area contributed by atoms with Gasteiger partial charge in [-0.2, -0.15) is 4.98 Å². The SMILES string of the molecule is CNC(=O)Oc1ccc2nc(-c3ccc4ccccc4n3)n(-c3ccnc(NC4CCCCC4)n3)c2c1. The molecular weight excluding hydrogens is 466 g/mol. The normalized spacial score (nSPS) is 14.1. The Kier molecular flexibility index (Phi) is 6.10. The summed E-state index contributed by atoms with van der Waals surface area (Å²) in [5.41, 5.74) is 3.07. The number of carbonyl (C=O) groups is 1. The Labute approximate surface area is 213 Å². The molecule has 1 aliphatic rings. The molecule has 0 bridgehead atoms. The number of anilines is 1. The van der Waals surface area contributed by atoms with E-state index in [0.29, 0.717) is 35.1 Å². The summed E-state index contributed by atoms with van der Waals surface area (Å²) in [4.78, 5) is 31.0. The van der Waals surface area contributed by atoms with Crippen LogP contribution in [-0.2, 0) is 0 Å². The van der Waals surface area contributed by atoms with Gasteiger partial charge >= 0.3 is 6.09 Å². The largest absolute Gasteiger partial charge is 0.412 e. The maximum absolute atomic E-state index is 11.9. The minimum atomic E-state index is -0.539. The molecule has 3 heterocycles. The molecule has 0 saturated heterocycles. The van der Waals surface area contributed by atoms with Crippen molar-refractivity contribution in [1.29, 1.82) is 0 Å². The molecule has 1 saturated carbocycles. The minimum Gasteiger partial charge on any atom is -0.410 e. The maximum atomic E-state index is 11.9. The lowest BCUT2D eigenvalue weighted by atomic mass is 9.96. The lowest BCUT2D eigenvalue weighted by Gasteiger charge is -2.22. The third-order valence-electron chi connectivity index (χ3n) is 6.68. The second-order valence-corrected chi connectivity index (χ2v) is 9.17. The van der Waals surface area contributed by atoms with E-state index in [1.165, 1.54) is 26.3 Å². The van der Waals surface area contributed by atoms with Crippen molar-refractivity contribution in [2.75, 3.05) is 12.4 Å². The predicted octanol–water partition coefficient (Wildman–Crippen LogP) is 5.49. The van der Waals surface area contributed by atoms with Crippen LogP contribution in [0.3, 0.4) is 0 Å². The topological polar surface area (TPSA) is 107 Å². The Balaban J connectivity index is 1.49. The van der Waals surface area contributed by atoms with Crippen molar-refractivity contribution in [2.45, 2.75) is 38.1 Å². The number of rotatable bonds is 5. The molecule has 0 radical (unpaired) electrons. The summed E-state index contributed by atoms with van der Waals surface area (Å²) in [6.07, 6.45) is 7.17. The molecule has 0 aliphatic heterocycles. The average molecular weight is 494 g/mol. The van der Waals surface area contributed by atoms with Gasteiger partial charge in [-0.05, 0) is 43.2 Å². The summed E-state index contributed by atoms with van der Waals surface area (Å²) in [5.74, 6) is 2.28. The zero-order chi connectivity index (χ0) is 25.2. The minimum absolute atomic E-state index is 0.373. The van der Waals surface area contributed by atoms with Gasteiger partial charge in [0, 0.05) is 30.7 Å². The molecule has 37 heavy (non-hydrogen) atoms. The fourth-order valence-corrected chi connectivity index (χ4v) is 4.84. The maximum Gasteiger partial charge on any atom is 0.412 e. The van der Waals surface area contributed by atoms with E-state index in [9.17, 15) is 4.79 Å². The highest BCUT2D eigenvalue weighted by molar-refractivity contribution is 5.86. The smallest absolute Gasteiger partial charge is 0.410 e. The molecule has 0 spiro atoms. The molecule has 2 N–H and O–H groups in total. The van der Waals surface area contributed by atoms with Crippen molar-refractivity contribution >= 4 is 34.0 Å². The van der Waals surface area contributed by atoms with Crippen LogP contribution in [0.1, 0.15) is 32.1 Å². The first kappa shape index (κ1) is 22.9. The highest BCUT2D eigenvalue weighted by Crippen LogP contribution is 2.31. The Bertz CT molecular complexity index is 1590. The summed E-state index contributed by atoms with van der Waals surface area (Å²) in [5, 5.41) is 7.04. The number of hydrogen-bond acceptors (Lipinski definition) is 7. The van der Waals surface area contributed by atoms with Crippen molar-refractivity contribution in [3.05, 3.63) is 66.9 Å². The van der Waals surface area contributed by atoms with E-state index in [0.717, 1.165) is 34.8 Å². The quantitative estimate of drug-likeness (QED) is 0.333. The van der Waals surface area contributed by atoms with Gasteiger partial charge in [0.2, 0.25) is 5.95 Å². The summed E-state index contributed by atoms with van der Waals surface area (Å²) >= 11 is 0. The number of imidazole rings is 1. The number of hydrogen-bond donors (Lipinski definition) is 2. The Morgan fingerprint density at radius 1 is 0.946 bits per heavy atom. The number of benzene rings is 2. The van der Waals surface area contributed by atoms with Crippen molar-refractivity contribution in [3.63, 3.8) is 0 Å². The lowest BCUT2D eigenvalue weighted by Crippen LogP contribution is -2.23. The van der Waals surface area contributed by atoms with E-state index < -0.39 is 6.09 Å². The summed E-state index contributed by atoms with van der Waals surface area (Å²) in [7, 11) is 1.52. The Morgan fingerprint density at radius 3 is 2.68 bits per heavy atom. The molecule has 1 fully saturated rings. The standard InChI is InChI=1S/C28H27N7O2/c1-29-28(36)37-20-12-14-22-24(17-20)35(25-15-16-30-27(34-25)31-19-8-3-2-4-9-19)26(33-22)23-13-11-18-7-5-6-10-21(18)32-23/h5-7,10-17,19H,2-4,8-9H2,1H3,(H,29,36)(H,30,31,34). The van der Waals surface area contributed by atoms with E-state index in [-0.39, 0.29) is 0 Å². The molecule has 2 aromatic carbocycles. The van der Waals surface area contributed by atoms with Crippen LogP contribution in [0.4, 0.5) is 10.7 Å². The number of pyridine rings is 1. The number of nitrogens with one attached hydrogen (secondary N) is 2. The van der Waals surface area contributed by atoms with Gasteiger partial charge in [-0.15, -0.1) is 0 Å². The molecule has 0 atom stereocenters.